The van der Waals surface area contributed by atoms with E-state index < -0.39 is 0 Å². The summed E-state index contributed by atoms with van der Waals surface area (Å²) in [5, 5.41) is 7.59. The summed E-state index contributed by atoms with van der Waals surface area (Å²) in [6.07, 6.45) is 2.59. The van der Waals surface area contributed by atoms with Crippen LogP contribution >= 0.6 is 0 Å². The average Bonchev–Trinajstić information content (AvgIpc) is 2.93. The van der Waals surface area contributed by atoms with Gasteiger partial charge in [0.25, 0.3) is 0 Å². The second-order valence-electron chi connectivity index (χ2n) is 6.88. The van der Waals surface area contributed by atoms with E-state index in [1.807, 2.05) is 14.1 Å². The van der Waals surface area contributed by atoms with Gasteiger partial charge in [0.15, 0.2) is 5.96 Å². The summed E-state index contributed by atoms with van der Waals surface area (Å²) in [4.78, 5) is 10.7. The van der Waals surface area contributed by atoms with E-state index in [4.69, 9.17) is 0 Å². The lowest BCUT2D eigenvalue weighted by molar-refractivity contribution is 0.348. The summed E-state index contributed by atoms with van der Waals surface area (Å²) >= 11 is 0. The maximum Gasteiger partial charge on any atom is 0.193 e. The highest BCUT2D eigenvalue weighted by Gasteiger charge is 2.20. The molecule has 6 heteroatoms. The van der Waals surface area contributed by atoms with Gasteiger partial charge in [-0.05, 0) is 17.4 Å². The van der Waals surface area contributed by atoms with Crippen molar-refractivity contribution >= 4 is 5.96 Å². The molecule has 1 heterocycles. The van der Waals surface area contributed by atoms with Crippen LogP contribution in [0.1, 0.15) is 25.2 Å². The quantitative estimate of drug-likeness (QED) is 0.652. The molecule has 0 aliphatic rings. The topological polar surface area (TPSA) is 58.3 Å². The van der Waals surface area contributed by atoms with Gasteiger partial charge in [0, 0.05) is 27.7 Å². The molecule has 0 saturated carbocycles. The molecule has 0 amide bonds. The van der Waals surface area contributed by atoms with Gasteiger partial charge in [-0.3, -0.25) is 9.67 Å². The highest BCUT2D eigenvalue weighted by atomic mass is 15.4. The molecule has 0 saturated heterocycles. The molecular formula is C18H28N6. The van der Waals surface area contributed by atoms with Gasteiger partial charge in [-0.25, -0.2) is 4.98 Å². The van der Waals surface area contributed by atoms with Gasteiger partial charge < -0.3 is 10.2 Å². The molecule has 0 unspecified atom stereocenters. The number of aromatic nitrogens is 3. The van der Waals surface area contributed by atoms with Gasteiger partial charge in [0.2, 0.25) is 0 Å². The average molecular weight is 328 g/mol. The molecule has 1 N–H and O–H groups in total. The highest BCUT2D eigenvalue weighted by molar-refractivity contribution is 5.79. The number of hydrogen-bond donors (Lipinski definition) is 1. The Labute approximate surface area is 144 Å². The molecule has 0 fully saturated rings. The first-order valence-electron chi connectivity index (χ1n) is 8.20. The Morgan fingerprint density at radius 1 is 1.29 bits per heavy atom. The van der Waals surface area contributed by atoms with E-state index in [2.05, 4.69) is 69.5 Å². The fraction of sp³-hybridized carbons (Fsp3) is 0.500. The standard InChI is InChI=1S/C18H28N6/c1-18(2,11-15-9-7-6-8-10-15)13-20-17(19-3)23(4)12-16-21-14-22-24(16)5/h6-10,14H,11-13H2,1-5H3,(H,19,20). The van der Waals surface area contributed by atoms with E-state index in [9.17, 15) is 0 Å². The Kier molecular flexibility index (Phi) is 5.95. The number of benzene rings is 1. The number of aryl methyl sites for hydroxylation is 1. The van der Waals surface area contributed by atoms with E-state index >= 15 is 0 Å². The summed E-state index contributed by atoms with van der Waals surface area (Å²) in [5.41, 5.74) is 1.48. The van der Waals surface area contributed by atoms with Crippen molar-refractivity contribution in [3.8, 4) is 0 Å². The Balaban J connectivity index is 1.91. The van der Waals surface area contributed by atoms with E-state index in [-0.39, 0.29) is 5.41 Å². The van der Waals surface area contributed by atoms with Crippen molar-refractivity contribution < 1.29 is 0 Å². The van der Waals surface area contributed by atoms with E-state index in [1.165, 1.54) is 5.56 Å². The van der Waals surface area contributed by atoms with Crippen LogP contribution in [0.5, 0.6) is 0 Å². The fourth-order valence-corrected chi connectivity index (χ4v) is 2.66. The highest BCUT2D eigenvalue weighted by Crippen LogP contribution is 2.20. The Bertz CT molecular complexity index is 659. The van der Waals surface area contributed by atoms with Crippen molar-refractivity contribution in [3.63, 3.8) is 0 Å². The molecule has 0 atom stereocenters. The predicted molar refractivity (Wildman–Crippen MR) is 97.8 cm³/mol. The molecule has 1 aromatic carbocycles. The zero-order chi connectivity index (χ0) is 17.6. The second-order valence-corrected chi connectivity index (χ2v) is 6.88. The molecule has 2 rings (SSSR count). The number of guanidine groups is 1. The maximum atomic E-state index is 4.38. The van der Waals surface area contributed by atoms with Gasteiger partial charge in [-0.1, -0.05) is 44.2 Å². The lowest BCUT2D eigenvalue weighted by Crippen LogP contribution is -2.43. The molecule has 6 nitrogen and oxygen atoms in total. The number of nitrogens with zero attached hydrogens (tertiary/aromatic N) is 5. The van der Waals surface area contributed by atoms with E-state index in [0.29, 0.717) is 6.54 Å². The second kappa shape index (κ2) is 7.95. The van der Waals surface area contributed by atoms with Crippen LogP contribution in [-0.4, -0.2) is 46.3 Å². The molecule has 1 aromatic heterocycles. The molecule has 24 heavy (non-hydrogen) atoms. The molecule has 0 spiro atoms. The third-order valence-corrected chi connectivity index (χ3v) is 4.01. The molecule has 2 aromatic rings. The van der Waals surface area contributed by atoms with Crippen LogP contribution in [-0.2, 0) is 20.0 Å². The van der Waals surface area contributed by atoms with E-state index in [1.54, 1.807) is 18.1 Å². The summed E-state index contributed by atoms with van der Waals surface area (Å²) in [6.45, 7) is 6.04. The summed E-state index contributed by atoms with van der Waals surface area (Å²) in [7, 11) is 5.71. The number of aliphatic imine (C=N–C) groups is 1. The van der Waals surface area contributed by atoms with Gasteiger partial charge in [-0.15, -0.1) is 0 Å². The van der Waals surface area contributed by atoms with Crippen molar-refractivity contribution in [1.29, 1.82) is 0 Å². The van der Waals surface area contributed by atoms with Crippen molar-refractivity contribution in [3.05, 3.63) is 48.0 Å². The zero-order valence-electron chi connectivity index (χ0n) is 15.3. The minimum Gasteiger partial charge on any atom is -0.356 e. The van der Waals surface area contributed by atoms with Gasteiger partial charge in [0.1, 0.15) is 12.2 Å². The Hall–Kier alpha value is -2.37. The summed E-state index contributed by atoms with van der Waals surface area (Å²) in [5.74, 6) is 1.77. The normalized spacial score (nSPS) is 12.3. The number of hydrogen-bond acceptors (Lipinski definition) is 3. The van der Waals surface area contributed by atoms with Crippen LogP contribution in [0.2, 0.25) is 0 Å². The van der Waals surface area contributed by atoms with Crippen molar-refractivity contribution in [2.75, 3.05) is 20.6 Å². The molecule has 0 aliphatic carbocycles. The minimum absolute atomic E-state index is 0.128. The monoisotopic (exact) mass is 328 g/mol. The molecule has 0 bridgehead atoms. The third kappa shape index (κ3) is 5.08. The SMILES string of the molecule is CN=C(NCC(C)(C)Cc1ccccc1)N(C)Cc1ncnn1C. The van der Waals surface area contributed by atoms with Crippen LogP contribution < -0.4 is 5.32 Å². The fourth-order valence-electron chi connectivity index (χ4n) is 2.66. The van der Waals surface area contributed by atoms with Crippen LogP contribution in [0.15, 0.2) is 41.7 Å². The van der Waals surface area contributed by atoms with Crippen LogP contribution in [0.3, 0.4) is 0 Å². The number of nitrogens with one attached hydrogen (secondary N) is 1. The van der Waals surface area contributed by atoms with Crippen LogP contribution in [0, 0.1) is 5.41 Å². The van der Waals surface area contributed by atoms with Gasteiger partial charge in [-0.2, -0.15) is 5.10 Å². The number of rotatable bonds is 6. The first-order valence-corrected chi connectivity index (χ1v) is 8.20. The Morgan fingerprint density at radius 3 is 2.58 bits per heavy atom. The third-order valence-electron chi connectivity index (χ3n) is 4.01. The van der Waals surface area contributed by atoms with Crippen LogP contribution in [0.4, 0.5) is 0 Å². The lowest BCUT2D eigenvalue weighted by Gasteiger charge is -2.29. The summed E-state index contributed by atoms with van der Waals surface area (Å²) in [6, 6.07) is 10.6. The van der Waals surface area contributed by atoms with Crippen molar-refractivity contribution in [2.45, 2.75) is 26.8 Å². The minimum atomic E-state index is 0.128. The maximum absolute atomic E-state index is 4.38. The van der Waals surface area contributed by atoms with E-state index in [0.717, 1.165) is 24.7 Å². The zero-order valence-corrected chi connectivity index (χ0v) is 15.3. The lowest BCUT2D eigenvalue weighted by atomic mass is 9.86. The van der Waals surface area contributed by atoms with Gasteiger partial charge in [0.05, 0.1) is 6.54 Å². The van der Waals surface area contributed by atoms with Gasteiger partial charge >= 0.3 is 0 Å². The first-order chi connectivity index (χ1) is 11.4. The smallest absolute Gasteiger partial charge is 0.193 e. The molecular weight excluding hydrogens is 300 g/mol. The molecule has 0 aliphatic heterocycles. The van der Waals surface area contributed by atoms with Crippen molar-refractivity contribution in [1.82, 2.24) is 25.0 Å². The predicted octanol–water partition coefficient (Wildman–Crippen LogP) is 2.09. The summed E-state index contributed by atoms with van der Waals surface area (Å²) < 4.78 is 1.78. The largest absolute Gasteiger partial charge is 0.356 e. The molecule has 0 radical (unpaired) electrons. The van der Waals surface area contributed by atoms with Crippen molar-refractivity contribution in [2.24, 2.45) is 17.5 Å². The first kappa shape index (κ1) is 18.0. The van der Waals surface area contributed by atoms with Crippen LogP contribution in [0.25, 0.3) is 0 Å². The molecule has 130 valence electrons. The Morgan fingerprint density at radius 2 is 2.00 bits per heavy atom.